The maximum atomic E-state index is 15.1. The van der Waals surface area contributed by atoms with Crippen LogP contribution < -0.4 is 92.5 Å². The van der Waals surface area contributed by atoms with Gasteiger partial charge < -0.3 is 133 Å². The van der Waals surface area contributed by atoms with Crippen molar-refractivity contribution in [3.05, 3.63) is 48.0 Å². The second kappa shape index (κ2) is 50.0. The number of aromatic nitrogens is 2. The second-order valence-electron chi connectivity index (χ2n) is 29.8. The van der Waals surface area contributed by atoms with E-state index in [-0.39, 0.29) is 114 Å². The molecule has 15 unspecified atom stereocenters. The zero-order valence-corrected chi connectivity index (χ0v) is 66.9. The number of hydrogen-bond donors (Lipinski definition) is 24. The van der Waals surface area contributed by atoms with Crippen LogP contribution in [-0.4, -0.2) is 269 Å². The van der Waals surface area contributed by atoms with Crippen LogP contribution in [-0.2, 0) is 94.3 Å². The number of nitrogens with one attached hydrogen (secondary N) is 13. The second-order valence-corrected chi connectivity index (χ2v) is 29.8. The number of rotatable bonds is 53. The molecule has 117 heavy (non-hydrogen) atoms. The average Bonchev–Trinajstić information content (AvgIpc) is 1.72. The number of phenols is 1. The zero-order valence-electron chi connectivity index (χ0n) is 66.9. The number of aromatic hydroxyl groups is 1. The lowest BCUT2D eigenvalue weighted by Gasteiger charge is -2.32. The minimum atomic E-state index is -2.00. The van der Waals surface area contributed by atoms with Crippen LogP contribution in [0.15, 0.2) is 41.8 Å². The molecular weight excluding hydrogens is 1540 g/mol. The third kappa shape index (κ3) is 35.9. The first kappa shape index (κ1) is 99.5. The standard InChI is InChI=1S/C73H117N21O23/c1-35(2)27-47(86-60(105)43(75)20-23-54(99)100)65(110)88-49(30-41-32-79-34-82-41)66(111)83-44(13-9-10-24-74)61(106)87-48(28-36(3)4)64(109)84-46(21-22-53(76)98)63(108)93-59(39(8)96)71(116)90-51(29-40-16-18-42(97)19-17-40)72(117)94-26-12-15-52(94)68(113)85-45(14-11-25-80-73(77)78)62(107)92-58(38(7)95)70(115)89-50(31-55(101)102)67(112)91-57(37(5)6)69(114)81-33-56(103)104/h16-19,32,34-39,43-52,57-59,95-97H,9-15,20-31,33,74-75H2,1-8H3,(H2,76,98)(H,79,82)(H,81,114)(H,83,111)(H,84,109)(H,85,113)(H,86,105)(H,87,106)(H,88,110)(H,89,115)(H,90,116)(H,91,112)(H,92,107)(H,93,108)(H,99,100)(H,101,102)(H,103,104)(H4,77,78,80). The summed E-state index contributed by atoms with van der Waals surface area (Å²) in [5.41, 5.74) is 29.0. The Morgan fingerprint density at radius 3 is 1.50 bits per heavy atom. The number of aliphatic imine (C=N–C) groups is 1. The highest BCUT2D eigenvalue weighted by molar-refractivity contribution is 6.01. The molecule has 1 aromatic carbocycles. The third-order valence-corrected chi connectivity index (χ3v) is 18.4. The fraction of sp³-hybridized carbons (Fsp3) is 0.630. The van der Waals surface area contributed by atoms with Gasteiger partial charge in [0.1, 0.15) is 84.8 Å². The van der Waals surface area contributed by atoms with Gasteiger partial charge in [-0.3, -0.25) is 86.5 Å². The van der Waals surface area contributed by atoms with Gasteiger partial charge in [0.25, 0.3) is 0 Å². The molecule has 0 saturated carbocycles. The molecule has 2 heterocycles. The summed E-state index contributed by atoms with van der Waals surface area (Å²) in [7, 11) is 0. The molecule has 652 valence electrons. The Hall–Kier alpha value is -11.7. The van der Waals surface area contributed by atoms with Gasteiger partial charge in [0.05, 0.1) is 31.0 Å². The number of amides is 14. The summed E-state index contributed by atoms with van der Waals surface area (Å²) in [6, 6.07) is -15.6. The fourth-order valence-electron chi connectivity index (χ4n) is 12.2. The molecule has 29 N–H and O–H groups in total. The highest BCUT2D eigenvalue weighted by Crippen LogP contribution is 2.23. The number of guanidine groups is 1. The first-order valence-electron chi connectivity index (χ1n) is 38.4. The number of primary amides is 1. The average molecular weight is 1660 g/mol. The van der Waals surface area contributed by atoms with Crippen LogP contribution in [0.2, 0.25) is 0 Å². The summed E-state index contributed by atoms with van der Waals surface area (Å²) in [6.07, 6.45) is -4.30. The van der Waals surface area contributed by atoms with E-state index in [1.165, 1.54) is 50.6 Å². The number of carbonyl (C=O) groups excluding carboxylic acids is 14. The molecule has 2 aromatic rings. The van der Waals surface area contributed by atoms with Crippen molar-refractivity contribution in [3.8, 4) is 5.75 Å². The number of unbranched alkanes of at least 4 members (excludes halogenated alkanes) is 1. The Labute approximate surface area is 675 Å². The number of likely N-dealkylation sites (tertiary alicyclic amines) is 1. The van der Waals surface area contributed by atoms with Crippen molar-refractivity contribution in [2.45, 2.75) is 249 Å². The molecule has 0 radical (unpaired) electrons. The molecule has 14 amide bonds. The largest absolute Gasteiger partial charge is 0.508 e. The van der Waals surface area contributed by atoms with E-state index in [1.807, 2.05) is 0 Å². The monoisotopic (exact) mass is 1660 g/mol. The van der Waals surface area contributed by atoms with Crippen molar-refractivity contribution in [1.82, 2.24) is 78.7 Å². The SMILES string of the molecule is CC(C)CC(NC(=O)C(N)CCC(=O)O)C(=O)NC(Cc1cnc[nH]1)C(=O)NC(CCCCN)C(=O)NC(CC(C)C)C(=O)NC(CCC(N)=O)C(=O)NC(C(=O)NC(Cc1ccc(O)cc1)C(=O)N1CCCC1C(=O)NC(CCCN=C(N)N)C(=O)NC(C(=O)NC(CC(=O)O)C(=O)NC(C(=O)NCC(=O)O)C(C)C)C(C)O)C(C)O. The number of H-pyrrole nitrogens is 1. The number of nitrogens with zero attached hydrogens (tertiary/aromatic N) is 3. The number of carbonyl (C=O) groups is 17. The third-order valence-electron chi connectivity index (χ3n) is 18.4. The number of nitrogens with two attached hydrogens (primary N) is 5. The molecule has 1 aliphatic heterocycles. The van der Waals surface area contributed by atoms with Gasteiger partial charge in [-0.25, -0.2) is 4.98 Å². The van der Waals surface area contributed by atoms with E-state index in [2.05, 4.69) is 78.8 Å². The van der Waals surface area contributed by atoms with E-state index in [0.29, 0.717) is 17.7 Å². The predicted molar refractivity (Wildman–Crippen MR) is 416 cm³/mol. The maximum Gasteiger partial charge on any atom is 0.322 e. The summed E-state index contributed by atoms with van der Waals surface area (Å²) in [4.78, 5) is 243. The van der Waals surface area contributed by atoms with Gasteiger partial charge in [-0.1, -0.05) is 53.7 Å². The van der Waals surface area contributed by atoms with Gasteiger partial charge in [0, 0.05) is 50.7 Å². The molecule has 0 aliphatic carbocycles. The summed E-state index contributed by atoms with van der Waals surface area (Å²) >= 11 is 0. The van der Waals surface area contributed by atoms with Crippen LogP contribution in [0.3, 0.4) is 0 Å². The van der Waals surface area contributed by atoms with Crippen molar-refractivity contribution < 1.29 is 112 Å². The van der Waals surface area contributed by atoms with E-state index < -0.39 is 230 Å². The maximum absolute atomic E-state index is 15.1. The number of aliphatic hydroxyl groups is 2. The first-order chi connectivity index (χ1) is 54.9. The molecule has 15 atom stereocenters. The van der Waals surface area contributed by atoms with Gasteiger partial charge in [0.15, 0.2) is 5.96 Å². The van der Waals surface area contributed by atoms with Crippen LogP contribution >= 0.6 is 0 Å². The van der Waals surface area contributed by atoms with E-state index in [1.54, 1.807) is 27.7 Å². The minimum absolute atomic E-state index is 0.0448. The molecule has 1 fully saturated rings. The number of aliphatic hydroxyl groups excluding tert-OH is 2. The highest BCUT2D eigenvalue weighted by Gasteiger charge is 2.43. The number of hydrogen-bond acceptors (Lipinski definition) is 24. The minimum Gasteiger partial charge on any atom is -0.508 e. The number of carboxylic acids is 3. The molecule has 44 heteroatoms. The van der Waals surface area contributed by atoms with Crippen LogP contribution in [0.4, 0.5) is 0 Å². The highest BCUT2D eigenvalue weighted by atomic mass is 16.4. The van der Waals surface area contributed by atoms with Crippen molar-refractivity contribution in [1.29, 1.82) is 0 Å². The van der Waals surface area contributed by atoms with Crippen molar-refractivity contribution in [2.24, 2.45) is 51.4 Å². The van der Waals surface area contributed by atoms with Crippen molar-refractivity contribution >= 4 is 107 Å². The lowest BCUT2D eigenvalue weighted by molar-refractivity contribution is -0.143. The van der Waals surface area contributed by atoms with Crippen LogP contribution in [0.5, 0.6) is 5.75 Å². The predicted octanol–water partition coefficient (Wildman–Crippen LogP) is -6.95. The molecule has 1 saturated heterocycles. The number of phenolic OH excluding ortho intramolecular Hbond substituents is 1. The molecule has 1 aliphatic rings. The normalized spacial score (nSPS) is 16.1. The Morgan fingerprint density at radius 2 is 1.00 bits per heavy atom. The van der Waals surface area contributed by atoms with E-state index in [0.717, 1.165) is 18.7 Å². The summed E-state index contributed by atoms with van der Waals surface area (Å²) < 4.78 is 0. The molecule has 3 rings (SSSR count). The van der Waals surface area contributed by atoms with Gasteiger partial charge in [0.2, 0.25) is 82.7 Å². The van der Waals surface area contributed by atoms with Crippen LogP contribution in [0.1, 0.15) is 157 Å². The molecule has 0 bridgehead atoms. The molecule has 1 aromatic heterocycles. The first-order valence-corrected chi connectivity index (χ1v) is 38.4. The summed E-state index contributed by atoms with van der Waals surface area (Å²) in [6.45, 7) is 11.0. The topological polar surface area (TPSA) is 730 Å². The molecule has 0 spiro atoms. The number of aliphatic carboxylic acids is 3. The smallest absolute Gasteiger partial charge is 0.322 e. The van der Waals surface area contributed by atoms with E-state index >= 15 is 4.79 Å². The van der Waals surface area contributed by atoms with Gasteiger partial charge in [-0.05, 0) is 126 Å². The fourth-order valence-corrected chi connectivity index (χ4v) is 12.2. The summed E-state index contributed by atoms with van der Waals surface area (Å²) in [5.74, 6) is -20.6. The van der Waals surface area contributed by atoms with Gasteiger partial charge >= 0.3 is 17.9 Å². The Kier molecular flexibility index (Phi) is 42.5. The lowest BCUT2D eigenvalue weighted by atomic mass is 10.00. The number of benzene rings is 1. The quantitative estimate of drug-likeness (QED) is 0.0166. The Morgan fingerprint density at radius 1 is 0.521 bits per heavy atom. The van der Waals surface area contributed by atoms with Crippen molar-refractivity contribution in [2.75, 3.05) is 26.2 Å². The number of carboxylic acid groups (broad SMARTS) is 3. The molecular formula is C73H117N21O23. The van der Waals surface area contributed by atoms with Crippen LogP contribution in [0, 0.1) is 17.8 Å². The van der Waals surface area contributed by atoms with Gasteiger partial charge in [-0.15, -0.1) is 0 Å². The Balaban J connectivity index is 2.00. The number of aromatic amines is 1. The zero-order chi connectivity index (χ0) is 88.1. The lowest BCUT2D eigenvalue weighted by Crippen LogP contribution is -2.62. The van der Waals surface area contributed by atoms with E-state index in [4.69, 9.17) is 38.9 Å². The number of imidazole rings is 1. The van der Waals surface area contributed by atoms with Crippen molar-refractivity contribution in [3.63, 3.8) is 0 Å². The van der Waals surface area contributed by atoms with Gasteiger partial charge in [-0.2, -0.15) is 0 Å². The summed E-state index contributed by atoms with van der Waals surface area (Å²) in [5, 5.41) is 89.6. The Bertz CT molecular complexity index is 3750. The van der Waals surface area contributed by atoms with E-state index in [9.17, 15) is 97.1 Å². The van der Waals surface area contributed by atoms with Crippen LogP contribution in [0.25, 0.3) is 0 Å². The molecule has 44 nitrogen and oxygen atoms in total.